The fourth-order valence-corrected chi connectivity index (χ4v) is 3.35. The predicted molar refractivity (Wildman–Crippen MR) is 95.9 cm³/mol. The summed E-state index contributed by atoms with van der Waals surface area (Å²) in [5.74, 6) is -3.57. The predicted octanol–water partition coefficient (Wildman–Crippen LogP) is 3.96. The SMILES string of the molecule is O=C(O)CCCN(Cc1ccccc1)C(=O)C1CC1c1cccc(F)c1F. The number of halogens is 2. The van der Waals surface area contributed by atoms with Crippen LogP contribution in [-0.4, -0.2) is 28.4 Å². The van der Waals surface area contributed by atoms with Gasteiger partial charge in [0.2, 0.25) is 5.91 Å². The lowest BCUT2D eigenvalue weighted by atomic mass is 10.1. The lowest BCUT2D eigenvalue weighted by molar-refractivity contribution is -0.138. The summed E-state index contributed by atoms with van der Waals surface area (Å²) >= 11 is 0. The van der Waals surface area contributed by atoms with Gasteiger partial charge in [-0.05, 0) is 36.0 Å². The summed E-state index contributed by atoms with van der Waals surface area (Å²) in [7, 11) is 0. The normalized spacial score (nSPS) is 18.1. The van der Waals surface area contributed by atoms with Crippen molar-refractivity contribution in [1.82, 2.24) is 4.90 Å². The molecule has 0 aromatic heterocycles. The van der Waals surface area contributed by atoms with Gasteiger partial charge in [-0.15, -0.1) is 0 Å². The summed E-state index contributed by atoms with van der Waals surface area (Å²) in [6.45, 7) is 0.684. The molecule has 0 aliphatic heterocycles. The smallest absolute Gasteiger partial charge is 0.303 e. The van der Waals surface area contributed by atoms with Crippen molar-refractivity contribution in [3.05, 3.63) is 71.3 Å². The Hall–Kier alpha value is -2.76. The van der Waals surface area contributed by atoms with E-state index in [1.54, 1.807) is 4.90 Å². The molecule has 4 nitrogen and oxygen atoms in total. The maximum absolute atomic E-state index is 14.0. The molecule has 2 atom stereocenters. The van der Waals surface area contributed by atoms with Gasteiger partial charge in [0.05, 0.1) is 0 Å². The van der Waals surface area contributed by atoms with E-state index in [1.165, 1.54) is 12.1 Å². The van der Waals surface area contributed by atoms with Crippen molar-refractivity contribution in [3.63, 3.8) is 0 Å². The molecule has 1 fully saturated rings. The zero-order chi connectivity index (χ0) is 19.4. The van der Waals surface area contributed by atoms with Gasteiger partial charge in [0.1, 0.15) is 0 Å². The van der Waals surface area contributed by atoms with Crippen LogP contribution in [0, 0.1) is 17.6 Å². The second-order valence-corrected chi connectivity index (χ2v) is 6.83. The minimum Gasteiger partial charge on any atom is -0.481 e. The Labute approximate surface area is 156 Å². The summed E-state index contributed by atoms with van der Waals surface area (Å²) in [6, 6.07) is 13.4. The molecule has 6 heteroatoms. The van der Waals surface area contributed by atoms with E-state index in [1.807, 2.05) is 30.3 Å². The highest BCUT2D eigenvalue weighted by Gasteiger charge is 2.47. The van der Waals surface area contributed by atoms with Crippen molar-refractivity contribution in [2.45, 2.75) is 31.7 Å². The van der Waals surface area contributed by atoms with Gasteiger partial charge < -0.3 is 10.0 Å². The number of carboxylic acids is 1. The van der Waals surface area contributed by atoms with Crippen LogP contribution in [0.1, 0.15) is 36.3 Å². The molecular formula is C21H21F2NO3. The number of hydrogen-bond acceptors (Lipinski definition) is 2. The maximum Gasteiger partial charge on any atom is 0.303 e. The first-order valence-electron chi connectivity index (χ1n) is 8.95. The molecule has 3 rings (SSSR count). The van der Waals surface area contributed by atoms with Gasteiger partial charge in [-0.2, -0.15) is 0 Å². The van der Waals surface area contributed by atoms with Gasteiger partial charge in [-0.3, -0.25) is 9.59 Å². The van der Waals surface area contributed by atoms with Crippen LogP contribution in [0.25, 0.3) is 0 Å². The third kappa shape index (κ3) is 4.70. The van der Waals surface area contributed by atoms with E-state index in [-0.39, 0.29) is 23.8 Å². The van der Waals surface area contributed by atoms with E-state index >= 15 is 0 Å². The molecule has 0 saturated heterocycles. The first kappa shape index (κ1) is 19.0. The molecule has 27 heavy (non-hydrogen) atoms. The minimum absolute atomic E-state index is 0.0226. The average Bonchev–Trinajstić information content (AvgIpc) is 3.44. The van der Waals surface area contributed by atoms with E-state index in [9.17, 15) is 18.4 Å². The molecule has 0 spiro atoms. The molecule has 0 bridgehead atoms. The number of carbonyl (C=O) groups excluding carboxylic acids is 1. The van der Waals surface area contributed by atoms with E-state index in [0.717, 1.165) is 11.6 Å². The summed E-state index contributed by atoms with van der Waals surface area (Å²) in [5, 5.41) is 8.84. The molecular weight excluding hydrogens is 352 g/mol. The maximum atomic E-state index is 14.0. The van der Waals surface area contributed by atoms with Gasteiger partial charge in [-0.25, -0.2) is 8.78 Å². The number of carbonyl (C=O) groups is 2. The van der Waals surface area contributed by atoms with Crippen LogP contribution in [-0.2, 0) is 16.1 Å². The highest BCUT2D eigenvalue weighted by molar-refractivity contribution is 5.83. The van der Waals surface area contributed by atoms with Gasteiger partial charge in [0, 0.05) is 25.4 Å². The molecule has 2 unspecified atom stereocenters. The summed E-state index contributed by atoms with van der Waals surface area (Å²) in [6.07, 6.45) is 0.800. The number of rotatable bonds is 8. The fourth-order valence-electron chi connectivity index (χ4n) is 3.35. The quantitative estimate of drug-likeness (QED) is 0.762. The van der Waals surface area contributed by atoms with Gasteiger partial charge in [0.15, 0.2) is 11.6 Å². The van der Waals surface area contributed by atoms with Crippen LogP contribution in [0.5, 0.6) is 0 Å². The number of carboxylic acid groups (broad SMARTS) is 1. The van der Waals surface area contributed by atoms with Crippen molar-refractivity contribution >= 4 is 11.9 Å². The Morgan fingerprint density at radius 2 is 1.81 bits per heavy atom. The monoisotopic (exact) mass is 373 g/mol. The second-order valence-electron chi connectivity index (χ2n) is 6.83. The molecule has 1 saturated carbocycles. The number of aliphatic carboxylic acids is 1. The number of benzene rings is 2. The van der Waals surface area contributed by atoms with Crippen molar-refractivity contribution < 1.29 is 23.5 Å². The van der Waals surface area contributed by atoms with E-state index < -0.39 is 23.5 Å². The fraction of sp³-hybridized carbons (Fsp3) is 0.333. The lowest BCUT2D eigenvalue weighted by Gasteiger charge is -2.23. The summed E-state index contributed by atoms with van der Waals surface area (Å²) in [4.78, 5) is 25.3. The topological polar surface area (TPSA) is 57.6 Å². The van der Waals surface area contributed by atoms with Crippen LogP contribution in [0.15, 0.2) is 48.5 Å². The molecule has 1 aliphatic carbocycles. The Bertz CT molecular complexity index is 825. The number of amides is 1. The minimum atomic E-state index is -0.909. The van der Waals surface area contributed by atoms with Crippen LogP contribution in [0.3, 0.4) is 0 Å². The second kappa shape index (κ2) is 8.29. The van der Waals surface area contributed by atoms with Gasteiger partial charge >= 0.3 is 5.97 Å². The van der Waals surface area contributed by atoms with Crippen LogP contribution < -0.4 is 0 Å². The molecule has 2 aromatic carbocycles. The summed E-state index contributed by atoms with van der Waals surface area (Å²) < 4.78 is 27.5. The Morgan fingerprint density at radius 3 is 2.52 bits per heavy atom. The first-order chi connectivity index (χ1) is 13.0. The first-order valence-corrected chi connectivity index (χ1v) is 8.95. The van der Waals surface area contributed by atoms with Crippen LogP contribution >= 0.6 is 0 Å². The Balaban J connectivity index is 1.70. The van der Waals surface area contributed by atoms with Gasteiger partial charge in [0.25, 0.3) is 0 Å². The highest BCUT2D eigenvalue weighted by atomic mass is 19.2. The highest BCUT2D eigenvalue weighted by Crippen LogP contribution is 2.49. The van der Waals surface area contributed by atoms with E-state index in [2.05, 4.69) is 0 Å². The molecule has 142 valence electrons. The third-order valence-electron chi connectivity index (χ3n) is 4.84. The van der Waals surface area contributed by atoms with Gasteiger partial charge in [-0.1, -0.05) is 42.5 Å². The standard InChI is InChI=1S/C21H21F2NO3/c22-18-9-4-8-15(20(18)23)16-12-17(16)21(27)24(11-5-10-19(25)26)13-14-6-2-1-3-7-14/h1-4,6-9,16-17H,5,10-13H2,(H,25,26). The third-order valence-corrected chi connectivity index (χ3v) is 4.84. The Morgan fingerprint density at radius 1 is 1.07 bits per heavy atom. The molecule has 1 aliphatic rings. The van der Waals surface area contributed by atoms with E-state index in [0.29, 0.717) is 25.9 Å². The molecule has 1 N–H and O–H groups in total. The molecule has 0 radical (unpaired) electrons. The van der Waals surface area contributed by atoms with Crippen LogP contribution in [0.4, 0.5) is 8.78 Å². The van der Waals surface area contributed by atoms with Crippen molar-refractivity contribution in [3.8, 4) is 0 Å². The molecule has 1 amide bonds. The zero-order valence-corrected chi connectivity index (χ0v) is 14.8. The molecule has 2 aromatic rings. The average molecular weight is 373 g/mol. The van der Waals surface area contributed by atoms with Crippen LogP contribution in [0.2, 0.25) is 0 Å². The van der Waals surface area contributed by atoms with E-state index in [4.69, 9.17) is 5.11 Å². The summed E-state index contributed by atoms with van der Waals surface area (Å²) in [5.41, 5.74) is 1.17. The largest absolute Gasteiger partial charge is 0.481 e. The number of nitrogens with zero attached hydrogens (tertiary/aromatic N) is 1. The lowest BCUT2D eigenvalue weighted by Crippen LogP contribution is -2.33. The van der Waals surface area contributed by atoms with Crippen molar-refractivity contribution in [1.29, 1.82) is 0 Å². The zero-order valence-electron chi connectivity index (χ0n) is 14.8. The number of hydrogen-bond donors (Lipinski definition) is 1. The van der Waals surface area contributed by atoms with Crippen molar-refractivity contribution in [2.75, 3.05) is 6.54 Å². The van der Waals surface area contributed by atoms with Crippen molar-refractivity contribution in [2.24, 2.45) is 5.92 Å². The molecule has 0 heterocycles. The Kier molecular flexibility index (Phi) is 5.84.